The van der Waals surface area contributed by atoms with E-state index in [1.54, 1.807) is 25.4 Å². The number of benzene rings is 2. The van der Waals surface area contributed by atoms with Crippen LogP contribution in [0.2, 0.25) is 0 Å². The van der Waals surface area contributed by atoms with E-state index >= 15 is 0 Å². The van der Waals surface area contributed by atoms with Crippen molar-refractivity contribution in [1.82, 2.24) is 9.97 Å². The van der Waals surface area contributed by atoms with Crippen molar-refractivity contribution in [2.75, 3.05) is 12.4 Å². The van der Waals surface area contributed by atoms with Gasteiger partial charge in [0.15, 0.2) is 0 Å². The minimum atomic E-state index is -0.927. The minimum absolute atomic E-state index is 0.280. The van der Waals surface area contributed by atoms with Crippen LogP contribution < -0.4 is 5.32 Å². The lowest BCUT2D eigenvalue weighted by molar-refractivity contribution is 0.0697. The van der Waals surface area contributed by atoms with E-state index in [9.17, 15) is 4.79 Å². The number of carbonyl (C=O) groups is 1. The molecular weight excluding hydrogens is 278 g/mol. The lowest BCUT2D eigenvalue weighted by Gasteiger charge is -2.09. The molecule has 2 aromatic carbocycles. The van der Waals surface area contributed by atoms with Gasteiger partial charge in [0, 0.05) is 18.6 Å². The Hall–Kier alpha value is -2.95. The first-order chi connectivity index (χ1) is 10.6. The first-order valence-corrected chi connectivity index (χ1v) is 6.87. The Morgan fingerprint density at radius 1 is 1.18 bits per heavy atom. The molecule has 3 aromatic rings. The average molecular weight is 293 g/mol. The first-order valence-electron chi connectivity index (χ1n) is 6.87. The zero-order valence-corrected chi connectivity index (χ0v) is 12.3. The molecule has 0 atom stereocenters. The van der Waals surface area contributed by atoms with Crippen LogP contribution in [0.4, 0.5) is 5.95 Å². The molecule has 22 heavy (non-hydrogen) atoms. The van der Waals surface area contributed by atoms with Gasteiger partial charge in [0.2, 0.25) is 5.95 Å². The number of fused-ring (bicyclic) bond motifs is 1. The summed E-state index contributed by atoms with van der Waals surface area (Å²) in [6.45, 7) is 1.96. The van der Waals surface area contributed by atoms with E-state index in [0.29, 0.717) is 5.95 Å². The van der Waals surface area contributed by atoms with Crippen molar-refractivity contribution in [2.24, 2.45) is 0 Å². The predicted molar refractivity (Wildman–Crippen MR) is 86.2 cm³/mol. The fraction of sp³-hybridized carbons (Fsp3) is 0.118. The van der Waals surface area contributed by atoms with Crippen molar-refractivity contribution in [1.29, 1.82) is 0 Å². The molecule has 0 amide bonds. The molecule has 2 N–H and O–H groups in total. The molecule has 0 unspecified atom stereocenters. The Bertz CT molecular complexity index is 875. The fourth-order valence-corrected chi connectivity index (χ4v) is 2.39. The molecule has 5 nitrogen and oxygen atoms in total. The minimum Gasteiger partial charge on any atom is -0.478 e. The summed E-state index contributed by atoms with van der Waals surface area (Å²) in [7, 11) is 1.77. The Labute approximate surface area is 127 Å². The summed E-state index contributed by atoms with van der Waals surface area (Å²) in [6, 6.07) is 11.0. The van der Waals surface area contributed by atoms with E-state index in [1.807, 2.05) is 31.2 Å². The van der Waals surface area contributed by atoms with E-state index in [4.69, 9.17) is 5.11 Å². The highest BCUT2D eigenvalue weighted by atomic mass is 16.4. The van der Waals surface area contributed by atoms with Crippen LogP contribution in [0.25, 0.3) is 22.0 Å². The number of hydrogen-bond acceptors (Lipinski definition) is 4. The van der Waals surface area contributed by atoms with Gasteiger partial charge in [0.25, 0.3) is 0 Å². The molecule has 0 bridgehead atoms. The number of rotatable bonds is 3. The van der Waals surface area contributed by atoms with Crippen LogP contribution >= 0.6 is 0 Å². The summed E-state index contributed by atoms with van der Waals surface area (Å²) >= 11 is 0. The Morgan fingerprint density at radius 2 is 2.00 bits per heavy atom. The molecule has 0 radical (unpaired) electrons. The number of aromatic nitrogens is 2. The van der Waals surface area contributed by atoms with Gasteiger partial charge in [0.05, 0.1) is 11.1 Å². The Balaban J connectivity index is 2.14. The molecule has 0 fully saturated rings. The summed E-state index contributed by atoms with van der Waals surface area (Å²) < 4.78 is 0. The summed E-state index contributed by atoms with van der Waals surface area (Å²) in [6.07, 6.45) is 1.76. The number of aryl methyl sites for hydroxylation is 1. The lowest BCUT2D eigenvalue weighted by atomic mass is 9.97. The monoisotopic (exact) mass is 293 g/mol. The van der Waals surface area contributed by atoms with Gasteiger partial charge < -0.3 is 10.4 Å². The quantitative estimate of drug-likeness (QED) is 0.774. The molecule has 110 valence electrons. The molecular formula is C17H15N3O2. The van der Waals surface area contributed by atoms with Crippen molar-refractivity contribution < 1.29 is 9.90 Å². The Kier molecular flexibility index (Phi) is 3.47. The normalized spacial score (nSPS) is 10.6. The van der Waals surface area contributed by atoms with Crippen LogP contribution in [0.1, 0.15) is 15.9 Å². The second-order valence-electron chi connectivity index (χ2n) is 5.05. The summed E-state index contributed by atoms with van der Waals surface area (Å²) in [5.74, 6) is -0.353. The maximum atomic E-state index is 11.2. The van der Waals surface area contributed by atoms with Crippen molar-refractivity contribution in [3.05, 3.63) is 53.7 Å². The van der Waals surface area contributed by atoms with E-state index in [1.165, 1.54) is 0 Å². The standard InChI is InChI=1S/C17H15N3O2/c1-10-3-4-12(16(21)22)8-14(10)11-5-6-15-13(7-11)9-19-17(18-2)20-15/h3-9H,1-2H3,(H,21,22)(H,18,19,20). The van der Waals surface area contributed by atoms with Crippen molar-refractivity contribution >= 4 is 22.8 Å². The predicted octanol–water partition coefficient (Wildman–Crippen LogP) is 3.35. The topological polar surface area (TPSA) is 75.1 Å². The summed E-state index contributed by atoms with van der Waals surface area (Å²) in [5.41, 5.74) is 4.00. The highest BCUT2D eigenvalue weighted by Gasteiger charge is 2.09. The molecule has 0 aliphatic carbocycles. The number of aromatic carboxylic acids is 1. The zero-order chi connectivity index (χ0) is 15.7. The van der Waals surface area contributed by atoms with Gasteiger partial charge in [-0.05, 0) is 47.9 Å². The molecule has 0 spiro atoms. The third kappa shape index (κ3) is 2.48. The highest BCUT2D eigenvalue weighted by Crippen LogP contribution is 2.27. The average Bonchev–Trinajstić information content (AvgIpc) is 2.54. The van der Waals surface area contributed by atoms with E-state index in [0.717, 1.165) is 27.6 Å². The third-order valence-corrected chi connectivity index (χ3v) is 3.60. The van der Waals surface area contributed by atoms with Crippen LogP contribution in [0.15, 0.2) is 42.6 Å². The molecule has 3 rings (SSSR count). The SMILES string of the molecule is CNc1ncc2cc(-c3cc(C(=O)O)ccc3C)ccc2n1. The van der Waals surface area contributed by atoms with Gasteiger partial charge in [-0.25, -0.2) is 14.8 Å². The first kappa shape index (κ1) is 14.0. The molecule has 5 heteroatoms. The van der Waals surface area contributed by atoms with Crippen LogP contribution in [0.5, 0.6) is 0 Å². The van der Waals surface area contributed by atoms with Gasteiger partial charge in [-0.1, -0.05) is 12.1 Å². The van der Waals surface area contributed by atoms with Crippen LogP contribution in [0, 0.1) is 6.92 Å². The van der Waals surface area contributed by atoms with Crippen LogP contribution in [0.3, 0.4) is 0 Å². The van der Waals surface area contributed by atoms with E-state index < -0.39 is 5.97 Å². The van der Waals surface area contributed by atoms with Gasteiger partial charge in [-0.15, -0.1) is 0 Å². The fourth-order valence-electron chi connectivity index (χ4n) is 2.39. The number of nitrogens with one attached hydrogen (secondary N) is 1. The Morgan fingerprint density at radius 3 is 2.73 bits per heavy atom. The molecule has 0 saturated carbocycles. The van der Waals surface area contributed by atoms with Crippen molar-refractivity contribution in [3.63, 3.8) is 0 Å². The van der Waals surface area contributed by atoms with Gasteiger partial charge >= 0.3 is 5.97 Å². The van der Waals surface area contributed by atoms with Gasteiger partial charge in [-0.2, -0.15) is 0 Å². The number of nitrogens with zero attached hydrogens (tertiary/aromatic N) is 2. The van der Waals surface area contributed by atoms with Crippen LogP contribution in [-0.4, -0.2) is 28.1 Å². The van der Waals surface area contributed by atoms with Gasteiger partial charge in [0.1, 0.15) is 0 Å². The number of carboxylic acids is 1. The zero-order valence-electron chi connectivity index (χ0n) is 12.3. The van der Waals surface area contributed by atoms with Crippen molar-refractivity contribution in [3.8, 4) is 11.1 Å². The number of hydrogen-bond donors (Lipinski definition) is 2. The van der Waals surface area contributed by atoms with E-state index in [2.05, 4.69) is 15.3 Å². The highest BCUT2D eigenvalue weighted by molar-refractivity contribution is 5.91. The summed E-state index contributed by atoms with van der Waals surface area (Å²) in [4.78, 5) is 19.7. The molecule has 1 heterocycles. The van der Waals surface area contributed by atoms with Crippen LogP contribution in [-0.2, 0) is 0 Å². The molecule has 0 aliphatic heterocycles. The maximum Gasteiger partial charge on any atom is 0.335 e. The molecule has 0 aliphatic rings. The molecule has 1 aromatic heterocycles. The number of carboxylic acid groups (broad SMARTS) is 1. The van der Waals surface area contributed by atoms with E-state index in [-0.39, 0.29) is 5.56 Å². The molecule has 0 saturated heterocycles. The maximum absolute atomic E-state index is 11.2. The smallest absolute Gasteiger partial charge is 0.335 e. The second-order valence-corrected chi connectivity index (χ2v) is 5.05. The third-order valence-electron chi connectivity index (χ3n) is 3.60. The largest absolute Gasteiger partial charge is 0.478 e. The number of anilines is 1. The van der Waals surface area contributed by atoms with Gasteiger partial charge in [-0.3, -0.25) is 0 Å². The second kappa shape index (κ2) is 5.44. The summed E-state index contributed by atoms with van der Waals surface area (Å²) in [5, 5.41) is 13.0. The lowest BCUT2D eigenvalue weighted by Crippen LogP contribution is -1.98. The van der Waals surface area contributed by atoms with Crippen molar-refractivity contribution in [2.45, 2.75) is 6.92 Å².